The fourth-order valence-corrected chi connectivity index (χ4v) is 8.36. The molecule has 2 saturated heterocycles. The molecule has 5 rings (SSSR count). The first-order valence-electron chi connectivity index (χ1n) is 20.1. The number of nitrogens with two attached hydrogens (primary N) is 1. The van der Waals surface area contributed by atoms with E-state index < -0.39 is 145 Å². The van der Waals surface area contributed by atoms with Crippen molar-refractivity contribution in [2.45, 2.75) is 144 Å². The molecule has 4 fully saturated rings. The molecule has 2 aliphatic heterocycles. The SMILES string of the molecule is CNC(=O)[C@H](CC1CCCCC1)OC1C(NC(=O)CN)[C@H](O[C@@H]2CC(C(=O)OC)CC(NC(=O)c3cc(=O)[nH]c(=O)[nH]3)[C@H]2O[C@@H]2OC(C)[C@@H](O)[C@H](O)C2O)O[C@@H](CO)[C@@H]1O. The molecular weight excluding hydrogens is 800 g/mol. The number of likely N-dealkylation sites (N-methyl/N-ethyl adjacent to an activating group) is 1. The van der Waals surface area contributed by atoms with Crippen LogP contribution in [0.1, 0.15) is 68.8 Å². The van der Waals surface area contributed by atoms with E-state index in [0.29, 0.717) is 0 Å². The largest absolute Gasteiger partial charge is 0.469 e. The number of nitrogens with one attached hydrogen (secondary N) is 5. The number of aromatic nitrogens is 2. The number of aliphatic hydroxyl groups excluding tert-OH is 5. The number of rotatable bonds is 15. The first kappa shape index (κ1) is 47.2. The van der Waals surface area contributed by atoms with Gasteiger partial charge in [-0.25, -0.2) is 4.79 Å². The normalized spacial score (nSPS) is 35.5. The summed E-state index contributed by atoms with van der Waals surface area (Å²) in [6.45, 7) is 0.0639. The van der Waals surface area contributed by atoms with Gasteiger partial charge in [0.05, 0.1) is 44.4 Å². The van der Waals surface area contributed by atoms with Crippen molar-refractivity contribution in [1.29, 1.82) is 0 Å². The van der Waals surface area contributed by atoms with Gasteiger partial charge in [-0.1, -0.05) is 32.1 Å². The van der Waals surface area contributed by atoms with Crippen molar-refractivity contribution in [3.63, 3.8) is 0 Å². The van der Waals surface area contributed by atoms with Gasteiger partial charge in [0, 0.05) is 13.1 Å². The average molecular weight is 859 g/mol. The van der Waals surface area contributed by atoms with Crippen molar-refractivity contribution in [1.82, 2.24) is 25.9 Å². The van der Waals surface area contributed by atoms with Crippen molar-refractivity contribution >= 4 is 23.7 Å². The molecule has 2 aliphatic carbocycles. The lowest BCUT2D eigenvalue weighted by Gasteiger charge is -2.49. The number of esters is 1. The van der Waals surface area contributed by atoms with E-state index in [-0.39, 0.29) is 25.2 Å². The second-order valence-corrected chi connectivity index (χ2v) is 15.7. The number of aliphatic hydroxyl groups is 5. The molecule has 0 aromatic carbocycles. The molecule has 15 atom stereocenters. The maximum Gasteiger partial charge on any atom is 0.326 e. The number of aromatic amines is 2. The molecule has 60 heavy (non-hydrogen) atoms. The Morgan fingerprint density at radius 3 is 2.27 bits per heavy atom. The molecule has 338 valence electrons. The number of hydrogen-bond donors (Lipinski definition) is 11. The highest BCUT2D eigenvalue weighted by atomic mass is 16.7. The number of amides is 3. The predicted molar refractivity (Wildman–Crippen MR) is 202 cm³/mol. The first-order valence-corrected chi connectivity index (χ1v) is 20.1. The van der Waals surface area contributed by atoms with Crippen LogP contribution < -0.4 is 32.9 Å². The zero-order valence-corrected chi connectivity index (χ0v) is 33.6. The molecule has 4 aliphatic rings. The maximum atomic E-state index is 13.6. The number of H-pyrrole nitrogens is 2. The topological polar surface area (TPSA) is 353 Å². The molecule has 23 heteroatoms. The third-order valence-electron chi connectivity index (χ3n) is 11.6. The Balaban J connectivity index is 1.55. The quantitative estimate of drug-likeness (QED) is 0.0739. The summed E-state index contributed by atoms with van der Waals surface area (Å²) in [5.74, 6) is -3.98. The average Bonchev–Trinajstić information content (AvgIpc) is 3.23. The number of carbonyl (C=O) groups is 4. The van der Waals surface area contributed by atoms with Crippen LogP contribution >= 0.6 is 0 Å². The zero-order valence-electron chi connectivity index (χ0n) is 33.6. The summed E-state index contributed by atoms with van der Waals surface area (Å²) in [4.78, 5) is 81.4. The van der Waals surface area contributed by atoms with E-state index in [1.165, 1.54) is 14.0 Å². The lowest BCUT2D eigenvalue weighted by molar-refractivity contribution is -0.335. The summed E-state index contributed by atoms with van der Waals surface area (Å²) < 4.78 is 36.0. The summed E-state index contributed by atoms with van der Waals surface area (Å²) in [6, 6.07) is -1.95. The van der Waals surface area contributed by atoms with Gasteiger partial charge in [0.15, 0.2) is 12.6 Å². The molecule has 23 nitrogen and oxygen atoms in total. The molecular formula is C37H58N6O17. The van der Waals surface area contributed by atoms with Crippen LogP contribution in [-0.4, -0.2) is 172 Å². The Morgan fingerprint density at radius 1 is 0.917 bits per heavy atom. The Bertz CT molecular complexity index is 1710. The van der Waals surface area contributed by atoms with Gasteiger partial charge >= 0.3 is 11.7 Å². The number of methoxy groups -OCH3 is 1. The predicted octanol–water partition coefficient (Wildman–Crippen LogP) is -4.67. The highest BCUT2D eigenvalue weighted by Crippen LogP contribution is 2.37. The van der Waals surface area contributed by atoms with Crippen LogP contribution in [0.4, 0.5) is 0 Å². The molecule has 0 bridgehead atoms. The van der Waals surface area contributed by atoms with E-state index in [2.05, 4.69) is 20.9 Å². The van der Waals surface area contributed by atoms with Gasteiger partial charge < -0.3 is 80.6 Å². The molecule has 1 aromatic heterocycles. The van der Waals surface area contributed by atoms with E-state index in [0.717, 1.165) is 45.3 Å². The number of ether oxygens (including phenoxy) is 6. The summed E-state index contributed by atoms with van der Waals surface area (Å²) in [5.41, 5.74) is 3.32. The van der Waals surface area contributed by atoms with Gasteiger partial charge in [0.1, 0.15) is 60.6 Å². The van der Waals surface area contributed by atoms with Gasteiger partial charge in [0.2, 0.25) is 11.8 Å². The van der Waals surface area contributed by atoms with Crippen LogP contribution in [0.15, 0.2) is 15.7 Å². The highest BCUT2D eigenvalue weighted by Gasteiger charge is 2.53. The Kier molecular flexibility index (Phi) is 16.7. The molecule has 2 saturated carbocycles. The summed E-state index contributed by atoms with van der Waals surface area (Å²) in [7, 11) is 2.55. The molecule has 12 N–H and O–H groups in total. The molecule has 6 unspecified atom stereocenters. The van der Waals surface area contributed by atoms with Gasteiger partial charge in [-0.3, -0.25) is 29.0 Å². The third-order valence-corrected chi connectivity index (χ3v) is 11.6. The van der Waals surface area contributed by atoms with E-state index >= 15 is 0 Å². The molecule has 0 spiro atoms. The Labute approximate surface area is 344 Å². The van der Waals surface area contributed by atoms with Crippen LogP contribution in [0.2, 0.25) is 0 Å². The van der Waals surface area contributed by atoms with E-state index in [9.17, 15) is 54.3 Å². The number of carbonyl (C=O) groups excluding carboxylic acids is 4. The van der Waals surface area contributed by atoms with Crippen molar-refractivity contribution in [3.8, 4) is 0 Å². The van der Waals surface area contributed by atoms with Gasteiger partial charge in [0.25, 0.3) is 11.5 Å². The smallest absolute Gasteiger partial charge is 0.326 e. The maximum absolute atomic E-state index is 13.6. The Morgan fingerprint density at radius 2 is 1.63 bits per heavy atom. The van der Waals surface area contributed by atoms with Gasteiger partial charge in [-0.15, -0.1) is 0 Å². The second-order valence-electron chi connectivity index (χ2n) is 15.7. The number of hydrogen-bond acceptors (Lipinski definition) is 18. The minimum Gasteiger partial charge on any atom is -0.469 e. The second kappa shape index (κ2) is 21.3. The molecule has 3 heterocycles. The monoisotopic (exact) mass is 858 g/mol. The Hall–Kier alpha value is -3.88. The lowest BCUT2D eigenvalue weighted by Crippen LogP contribution is -2.68. The van der Waals surface area contributed by atoms with Gasteiger partial charge in [-0.2, -0.15) is 0 Å². The first-order chi connectivity index (χ1) is 28.6. The lowest BCUT2D eigenvalue weighted by atomic mass is 9.81. The van der Waals surface area contributed by atoms with E-state index in [4.69, 9.17) is 34.2 Å². The fourth-order valence-electron chi connectivity index (χ4n) is 8.36. The van der Waals surface area contributed by atoms with Crippen LogP contribution in [0, 0.1) is 11.8 Å². The minimum atomic E-state index is -1.87. The van der Waals surface area contributed by atoms with Crippen LogP contribution in [0.3, 0.4) is 0 Å². The van der Waals surface area contributed by atoms with E-state index in [1.807, 2.05) is 4.98 Å². The molecule has 0 radical (unpaired) electrons. The van der Waals surface area contributed by atoms with Crippen molar-refractivity contribution in [2.75, 3.05) is 27.3 Å². The summed E-state index contributed by atoms with van der Waals surface area (Å²) >= 11 is 0. The minimum absolute atomic E-state index is 0.116. The summed E-state index contributed by atoms with van der Waals surface area (Å²) in [5, 5.41) is 61.8. The zero-order chi connectivity index (χ0) is 43.8. The van der Waals surface area contributed by atoms with Crippen LogP contribution in [0.25, 0.3) is 0 Å². The molecule has 1 aromatic rings. The standard InChI is InChI=1S/C37H58N6O17/c1-15-26(47)28(49)29(50)36(56-15)60-30-18(40-32(51)19-12-23(45)43-37(54)41-19)10-17(34(53)55-3)11-20(30)58-35-25(42-24(46)13-38)31(27(48)22(14-44)59-35)57-21(33(52)39-2)9-16-7-5-4-6-8-16/h12,15-18,20-22,25-31,35-36,44,47-50H,4-11,13-14,38H2,1-3H3,(H,39,52)(H,40,51)(H,42,46)(H2,41,43,45,54)/t15?,17?,18?,20-,21+,22+,25?,26-,27+,28+,29?,30-,31?,35-,36+/m1/s1. The van der Waals surface area contributed by atoms with Crippen LogP contribution in [-0.2, 0) is 42.8 Å². The van der Waals surface area contributed by atoms with Crippen molar-refractivity contribution in [3.05, 3.63) is 32.6 Å². The van der Waals surface area contributed by atoms with E-state index in [1.54, 1.807) is 0 Å². The molecule has 3 amide bonds. The van der Waals surface area contributed by atoms with Gasteiger partial charge in [-0.05, 0) is 32.1 Å². The van der Waals surface area contributed by atoms with Crippen molar-refractivity contribution < 1.29 is 73.1 Å². The highest BCUT2D eigenvalue weighted by molar-refractivity contribution is 5.92. The fraction of sp³-hybridized carbons (Fsp3) is 0.784. The van der Waals surface area contributed by atoms with Crippen LogP contribution in [0.5, 0.6) is 0 Å². The summed E-state index contributed by atoms with van der Waals surface area (Å²) in [6.07, 6.45) is -13.7. The third kappa shape index (κ3) is 11.3. The van der Waals surface area contributed by atoms with Crippen molar-refractivity contribution in [2.24, 2.45) is 17.6 Å².